The van der Waals surface area contributed by atoms with E-state index in [-0.39, 0.29) is 5.41 Å². The standard InChI is InChI=1S/C14H20O3/c1-6-14(2,3)10-7-12(16-4)11(9-15)13(8-10)17-5/h7-9H,6H2,1-5H3. The van der Waals surface area contributed by atoms with Crippen LogP contribution in [0, 0.1) is 0 Å². The highest BCUT2D eigenvalue weighted by Gasteiger charge is 2.22. The van der Waals surface area contributed by atoms with Gasteiger partial charge in [0.25, 0.3) is 0 Å². The number of rotatable bonds is 5. The van der Waals surface area contributed by atoms with E-state index in [0.29, 0.717) is 17.1 Å². The average Bonchev–Trinajstić information content (AvgIpc) is 2.36. The predicted molar refractivity (Wildman–Crippen MR) is 68.3 cm³/mol. The van der Waals surface area contributed by atoms with Crippen LogP contribution >= 0.6 is 0 Å². The van der Waals surface area contributed by atoms with E-state index < -0.39 is 0 Å². The van der Waals surface area contributed by atoms with Crippen LogP contribution in [0.1, 0.15) is 43.1 Å². The third-order valence-corrected chi connectivity index (χ3v) is 3.33. The van der Waals surface area contributed by atoms with Crippen LogP contribution in [-0.4, -0.2) is 20.5 Å². The van der Waals surface area contributed by atoms with Crippen molar-refractivity contribution in [2.75, 3.05) is 14.2 Å². The Kier molecular flexibility index (Phi) is 4.16. The first kappa shape index (κ1) is 13.6. The second kappa shape index (κ2) is 5.21. The summed E-state index contributed by atoms with van der Waals surface area (Å²) in [6.45, 7) is 6.44. The van der Waals surface area contributed by atoms with Gasteiger partial charge in [0.05, 0.1) is 19.8 Å². The lowest BCUT2D eigenvalue weighted by Gasteiger charge is -2.25. The maximum Gasteiger partial charge on any atom is 0.157 e. The molecule has 0 atom stereocenters. The smallest absolute Gasteiger partial charge is 0.157 e. The Morgan fingerprint density at radius 2 is 1.65 bits per heavy atom. The second-order valence-electron chi connectivity index (χ2n) is 4.65. The number of carbonyl (C=O) groups is 1. The minimum Gasteiger partial charge on any atom is -0.496 e. The van der Waals surface area contributed by atoms with Crippen molar-refractivity contribution >= 4 is 6.29 Å². The molecule has 1 aromatic rings. The van der Waals surface area contributed by atoms with Gasteiger partial charge in [0.15, 0.2) is 6.29 Å². The zero-order valence-corrected chi connectivity index (χ0v) is 11.2. The van der Waals surface area contributed by atoms with Crippen LogP contribution in [0.5, 0.6) is 11.5 Å². The first-order valence-corrected chi connectivity index (χ1v) is 5.71. The van der Waals surface area contributed by atoms with Gasteiger partial charge in [-0.2, -0.15) is 0 Å². The quantitative estimate of drug-likeness (QED) is 0.736. The summed E-state index contributed by atoms with van der Waals surface area (Å²) in [6, 6.07) is 3.82. The Bertz CT molecular complexity index is 383. The van der Waals surface area contributed by atoms with Crippen molar-refractivity contribution in [3.05, 3.63) is 23.3 Å². The Morgan fingerprint density at radius 1 is 1.18 bits per heavy atom. The molecule has 0 saturated heterocycles. The van der Waals surface area contributed by atoms with E-state index in [1.165, 1.54) is 0 Å². The lowest BCUT2D eigenvalue weighted by molar-refractivity contribution is 0.111. The molecule has 0 amide bonds. The van der Waals surface area contributed by atoms with Crippen LogP contribution in [0.4, 0.5) is 0 Å². The lowest BCUT2D eigenvalue weighted by atomic mass is 9.81. The fourth-order valence-electron chi connectivity index (χ4n) is 1.65. The molecule has 1 rings (SSSR count). The molecule has 0 spiro atoms. The number of benzene rings is 1. The third kappa shape index (κ3) is 2.60. The van der Waals surface area contributed by atoms with Gasteiger partial charge in [0, 0.05) is 0 Å². The maximum absolute atomic E-state index is 11.0. The molecule has 0 fully saturated rings. The molecular formula is C14H20O3. The summed E-state index contributed by atoms with van der Waals surface area (Å²) in [6.07, 6.45) is 1.76. The first-order valence-electron chi connectivity index (χ1n) is 5.71. The monoisotopic (exact) mass is 236 g/mol. The van der Waals surface area contributed by atoms with E-state index in [4.69, 9.17) is 9.47 Å². The molecule has 3 nitrogen and oxygen atoms in total. The lowest BCUT2D eigenvalue weighted by Crippen LogP contribution is -2.16. The van der Waals surface area contributed by atoms with Crippen molar-refractivity contribution < 1.29 is 14.3 Å². The highest BCUT2D eigenvalue weighted by molar-refractivity contribution is 5.84. The van der Waals surface area contributed by atoms with Crippen molar-refractivity contribution in [2.45, 2.75) is 32.6 Å². The van der Waals surface area contributed by atoms with Gasteiger partial charge in [-0.15, -0.1) is 0 Å². The van der Waals surface area contributed by atoms with Gasteiger partial charge in [0.1, 0.15) is 11.5 Å². The van der Waals surface area contributed by atoms with Crippen molar-refractivity contribution in [2.24, 2.45) is 0 Å². The zero-order chi connectivity index (χ0) is 13.1. The number of methoxy groups -OCH3 is 2. The van der Waals surface area contributed by atoms with Crippen LogP contribution in [-0.2, 0) is 5.41 Å². The van der Waals surface area contributed by atoms with Crippen LogP contribution in [0.25, 0.3) is 0 Å². The normalized spacial score (nSPS) is 11.1. The molecular weight excluding hydrogens is 216 g/mol. The Balaban J connectivity index is 3.42. The maximum atomic E-state index is 11.0. The summed E-state index contributed by atoms with van der Waals surface area (Å²) in [5, 5.41) is 0. The molecule has 0 aliphatic heterocycles. The summed E-state index contributed by atoms with van der Waals surface area (Å²) >= 11 is 0. The molecule has 0 aliphatic carbocycles. The van der Waals surface area contributed by atoms with Crippen LogP contribution < -0.4 is 9.47 Å². The van der Waals surface area contributed by atoms with Gasteiger partial charge in [0.2, 0.25) is 0 Å². The summed E-state index contributed by atoms with van der Waals surface area (Å²) in [4.78, 5) is 11.0. The minimum atomic E-state index is 0.0297. The molecule has 0 bridgehead atoms. The van der Waals surface area contributed by atoms with Crippen LogP contribution in [0.2, 0.25) is 0 Å². The first-order chi connectivity index (χ1) is 8.00. The van der Waals surface area contributed by atoms with E-state index in [2.05, 4.69) is 20.8 Å². The van der Waals surface area contributed by atoms with Gasteiger partial charge in [-0.25, -0.2) is 0 Å². The summed E-state index contributed by atoms with van der Waals surface area (Å²) in [5.41, 5.74) is 1.60. The second-order valence-corrected chi connectivity index (χ2v) is 4.65. The van der Waals surface area contributed by atoms with Crippen molar-refractivity contribution in [1.82, 2.24) is 0 Å². The fraction of sp³-hybridized carbons (Fsp3) is 0.500. The van der Waals surface area contributed by atoms with E-state index in [1.54, 1.807) is 14.2 Å². The molecule has 0 N–H and O–H groups in total. The molecule has 94 valence electrons. The molecule has 1 aromatic carbocycles. The van der Waals surface area contributed by atoms with Gasteiger partial charge in [-0.1, -0.05) is 20.8 Å². The topological polar surface area (TPSA) is 35.5 Å². The highest BCUT2D eigenvalue weighted by atomic mass is 16.5. The number of hydrogen-bond acceptors (Lipinski definition) is 3. The molecule has 17 heavy (non-hydrogen) atoms. The molecule has 0 saturated carbocycles. The summed E-state index contributed by atoms with van der Waals surface area (Å²) in [5.74, 6) is 1.13. The Hall–Kier alpha value is -1.51. The van der Waals surface area contributed by atoms with E-state index in [9.17, 15) is 4.79 Å². The average molecular weight is 236 g/mol. The minimum absolute atomic E-state index is 0.0297. The molecule has 0 radical (unpaired) electrons. The van der Waals surface area contributed by atoms with Gasteiger partial charge < -0.3 is 9.47 Å². The summed E-state index contributed by atoms with van der Waals surface area (Å²) in [7, 11) is 3.12. The number of aldehydes is 1. The summed E-state index contributed by atoms with van der Waals surface area (Å²) < 4.78 is 10.5. The van der Waals surface area contributed by atoms with Crippen molar-refractivity contribution in [3.8, 4) is 11.5 Å². The van der Waals surface area contributed by atoms with E-state index in [0.717, 1.165) is 18.3 Å². The molecule has 0 aliphatic rings. The van der Waals surface area contributed by atoms with Gasteiger partial charge in [-0.05, 0) is 29.5 Å². The van der Waals surface area contributed by atoms with Crippen LogP contribution in [0.15, 0.2) is 12.1 Å². The number of ether oxygens (including phenoxy) is 2. The van der Waals surface area contributed by atoms with E-state index >= 15 is 0 Å². The largest absolute Gasteiger partial charge is 0.496 e. The zero-order valence-electron chi connectivity index (χ0n) is 11.2. The van der Waals surface area contributed by atoms with Crippen LogP contribution in [0.3, 0.4) is 0 Å². The Morgan fingerprint density at radius 3 is 1.94 bits per heavy atom. The molecule has 0 aromatic heterocycles. The number of hydrogen-bond donors (Lipinski definition) is 0. The molecule has 3 heteroatoms. The Labute approximate surface area is 103 Å². The third-order valence-electron chi connectivity index (χ3n) is 3.33. The van der Waals surface area contributed by atoms with Crippen molar-refractivity contribution in [3.63, 3.8) is 0 Å². The fourth-order valence-corrected chi connectivity index (χ4v) is 1.65. The molecule has 0 unspecified atom stereocenters. The molecule has 0 heterocycles. The van der Waals surface area contributed by atoms with Gasteiger partial charge in [-0.3, -0.25) is 4.79 Å². The number of carbonyl (C=O) groups excluding carboxylic acids is 1. The highest BCUT2D eigenvalue weighted by Crippen LogP contribution is 2.36. The van der Waals surface area contributed by atoms with Crippen molar-refractivity contribution in [1.29, 1.82) is 0 Å². The predicted octanol–water partition coefficient (Wildman–Crippen LogP) is 3.20. The van der Waals surface area contributed by atoms with Gasteiger partial charge >= 0.3 is 0 Å². The SMILES string of the molecule is CCC(C)(C)c1cc(OC)c(C=O)c(OC)c1. The van der Waals surface area contributed by atoms with E-state index in [1.807, 2.05) is 12.1 Å².